The van der Waals surface area contributed by atoms with Crippen LogP contribution in [0.25, 0.3) is 0 Å². The van der Waals surface area contributed by atoms with E-state index < -0.39 is 11.0 Å². The molecular formula is C18H25N3O4. The summed E-state index contributed by atoms with van der Waals surface area (Å²) in [5, 5.41) is 13.8. The predicted octanol–water partition coefficient (Wildman–Crippen LogP) is 2.67. The number of amides is 2. The molecule has 1 saturated heterocycles. The SMILES string of the molecule is Cc1cc(C(=O)N2CCC[C@@H]2C(=O)NCC(C)(C)C)ccc1[N+](=O)[O-]. The van der Waals surface area contributed by atoms with E-state index in [0.29, 0.717) is 30.6 Å². The van der Waals surface area contributed by atoms with E-state index >= 15 is 0 Å². The number of hydrogen-bond donors (Lipinski definition) is 1. The topological polar surface area (TPSA) is 92.6 Å². The highest BCUT2D eigenvalue weighted by molar-refractivity contribution is 5.98. The van der Waals surface area contributed by atoms with E-state index in [9.17, 15) is 19.7 Å². The molecular weight excluding hydrogens is 322 g/mol. The fourth-order valence-corrected chi connectivity index (χ4v) is 2.91. The molecule has 0 bridgehead atoms. The van der Waals surface area contributed by atoms with E-state index in [0.717, 1.165) is 6.42 Å². The zero-order chi connectivity index (χ0) is 18.8. The second-order valence-corrected chi connectivity index (χ2v) is 7.69. The Morgan fingerprint density at radius 3 is 2.60 bits per heavy atom. The summed E-state index contributed by atoms with van der Waals surface area (Å²) in [5.74, 6) is -0.397. The third kappa shape index (κ3) is 4.55. The molecule has 0 spiro atoms. The maximum atomic E-state index is 12.8. The zero-order valence-corrected chi connectivity index (χ0v) is 15.2. The van der Waals surface area contributed by atoms with Crippen molar-refractivity contribution in [2.75, 3.05) is 13.1 Å². The van der Waals surface area contributed by atoms with Crippen LogP contribution in [-0.4, -0.2) is 40.8 Å². The number of nitro benzene ring substituents is 1. The van der Waals surface area contributed by atoms with Crippen molar-refractivity contribution in [3.63, 3.8) is 0 Å². The van der Waals surface area contributed by atoms with Crippen molar-refractivity contribution in [2.45, 2.75) is 46.6 Å². The molecule has 0 unspecified atom stereocenters. The van der Waals surface area contributed by atoms with Gasteiger partial charge in [0.15, 0.2) is 0 Å². The van der Waals surface area contributed by atoms with Crippen molar-refractivity contribution in [1.29, 1.82) is 0 Å². The minimum Gasteiger partial charge on any atom is -0.354 e. The van der Waals surface area contributed by atoms with Gasteiger partial charge >= 0.3 is 0 Å². The molecule has 1 atom stereocenters. The predicted molar refractivity (Wildman–Crippen MR) is 94.4 cm³/mol. The van der Waals surface area contributed by atoms with Gasteiger partial charge in [-0.05, 0) is 37.3 Å². The molecule has 136 valence electrons. The number of benzene rings is 1. The molecule has 1 aromatic rings. The summed E-state index contributed by atoms with van der Waals surface area (Å²) in [6.07, 6.45) is 1.40. The van der Waals surface area contributed by atoms with Crippen LogP contribution in [0.1, 0.15) is 49.5 Å². The molecule has 1 aliphatic rings. The molecule has 0 saturated carbocycles. The third-order valence-corrected chi connectivity index (χ3v) is 4.25. The second kappa shape index (κ2) is 7.21. The molecule has 0 radical (unpaired) electrons. The first kappa shape index (κ1) is 18.9. The van der Waals surface area contributed by atoms with Crippen LogP contribution in [0.5, 0.6) is 0 Å². The van der Waals surface area contributed by atoms with Crippen molar-refractivity contribution < 1.29 is 14.5 Å². The number of aryl methyl sites for hydroxylation is 1. The fourth-order valence-electron chi connectivity index (χ4n) is 2.91. The summed E-state index contributed by atoms with van der Waals surface area (Å²) in [5.41, 5.74) is 0.762. The van der Waals surface area contributed by atoms with Gasteiger partial charge < -0.3 is 10.2 Å². The van der Waals surface area contributed by atoms with Crippen LogP contribution in [0, 0.1) is 22.5 Å². The molecule has 1 fully saturated rings. The summed E-state index contributed by atoms with van der Waals surface area (Å²) in [6.45, 7) is 8.76. The van der Waals surface area contributed by atoms with Gasteiger partial charge in [0.25, 0.3) is 11.6 Å². The van der Waals surface area contributed by atoms with Crippen LogP contribution >= 0.6 is 0 Å². The van der Waals surface area contributed by atoms with Gasteiger partial charge in [0.2, 0.25) is 5.91 Å². The highest BCUT2D eigenvalue weighted by Crippen LogP contribution is 2.24. The van der Waals surface area contributed by atoms with Gasteiger partial charge in [0, 0.05) is 30.3 Å². The van der Waals surface area contributed by atoms with Crippen molar-refractivity contribution in [3.05, 3.63) is 39.4 Å². The Balaban J connectivity index is 2.13. The number of carbonyl (C=O) groups excluding carboxylic acids is 2. The molecule has 7 nitrogen and oxygen atoms in total. The first-order valence-electron chi connectivity index (χ1n) is 8.44. The Hall–Kier alpha value is -2.44. The molecule has 1 aliphatic heterocycles. The van der Waals surface area contributed by atoms with Crippen molar-refractivity contribution in [2.24, 2.45) is 5.41 Å². The molecule has 0 aromatic heterocycles. The first-order chi connectivity index (χ1) is 11.6. The van der Waals surface area contributed by atoms with Crippen LogP contribution in [0.4, 0.5) is 5.69 Å². The van der Waals surface area contributed by atoms with Gasteiger partial charge in [-0.2, -0.15) is 0 Å². The Bertz CT molecular complexity index is 694. The average Bonchev–Trinajstić information content (AvgIpc) is 3.00. The van der Waals surface area contributed by atoms with Gasteiger partial charge in [0.1, 0.15) is 6.04 Å². The van der Waals surface area contributed by atoms with Gasteiger partial charge in [-0.15, -0.1) is 0 Å². The number of nitrogens with one attached hydrogen (secondary N) is 1. The molecule has 0 aliphatic carbocycles. The molecule has 2 rings (SSSR count). The van der Waals surface area contributed by atoms with Gasteiger partial charge in [-0.25, -0.2) is 0 Å². The number of carbonyl (C=O) groups is 2. The van der Waals surface area contributed by atoms with Crippen LogP contribution in [0.3, 0.4) is 0 Å². The summed E-state index contributed by atoms with van der Waals surface area (Å²) in [4.78, 5) is 37.2. The average molecular weight is 347 g/mol. The standard InChI is InChI=1S/C18H25N3O4/c1-12-10-13(7-8-14(12)21(24)25)17(23)20-9-5-6-15(20)16(22)19-11-18(2,3)4/h7-8,10,15H,5-6,9,11H2,1-4H3,(H,19,22)/t15-/m1/s1. The summed E-state index contributed by atoms with van der Waals surface area (Å²) in [6, 6.07) is 3.83. The first-order valence-corrected chi connectivity index (χ1v) is 8.44. The van der Waals surface area contributed by atoms with E-state index in [1.54, 1.807) is 11.8 Å². The van der Waals surface area contributed by atoms with Crippen LogP contribution < -0.4 is 5.32 Å². The number of nitro groups is 1. The maximum Gasteiger partial charge on any atom is 0.272 e. The zero-order valence-electron chi connectivity index (χ0n) is 15.2. The van der Waals surface area contributed by atoms with Crippen molar-refractivity contribution >= 4 is 17.5 Å². The Morgan fingerprint density at radius 2 is 2.04 bits per heavy atom. The number of likely N-dealkylation sites (tertiary alicyclic amines) is 1. The van der Waals surface area contributed by atoms with Crippen molar-refractivity contribution in [1.82, 2.24) is 10.2 Å². The number of nitrogens with zero attached hydrogens (tertiary/aromatic N) is 2. The van der Waals surface area contributed by atoms with Gasteiger partial charge in [-0.3, -0.25) is 19.7 Å². The lowest BCUT2D eigenvalue weighted by atomic mass is 9.97. The van der Waals surface area contributed by atoms with E-state index in [2.05, 4.69) is 5.32 Å². The van der Waals surface area contributed by atoms with Crippen LogP contribution in [0.15, 0.2) is 18.2 Å². The highest BCUT2D eigenvalue weighted by atomic mass is 16.6. The van der Waals surface area contributed by atoms with Gasteiger partial charge in [0.05, 0.1) is 4.92 Å². The quantitative estimate of drug-likeness (QED) is 0.669. The largest absolute Gasteiger partial charge is 0.354 e. The number of hydrogen-bond acceptors (Lipinski definition) is 4. The monoisotopic (exact) mass is 347 g/mol. The Morgan fingerprint density at radius 1 is 1.36 bits per heavy atom. The summed E-state index contributed by atoms with van der Waals surface area (Å²) >= 11 is 0. The Labute approximate surface area is 147 Å². The van der Waals surface area contributed by atoms with Crippen molar-refractivity contribution in [3.8, 4) is 0 Å². The minimum absolute atomic E-state index is 0.0163. The second-order valence-electron chi connectivity index (χ2n) is 7.69. The molecule has 1 aromatic carbocycles. The van der Waals surface area contributed by atoms with Crippen LogP contribution in [0.2, 0.25) is 0 Å². The normalized spacial score (nSPS) is 17.4. The smallest absolute Gasteiger partial charge is 0.272 e. The van der Waals surface area contributed by atoms with E-state index in [-0.39, 0.29) is 22.9 Å². The fraction of sp³-hybridized carbons (Fsp3) is 0.556. The molecule has 1 N–H and O–H groups in total. The van der Waals surface area contributed by atoms with Gasteiger partial charge in [-0.1, -0.05) is 20.8 Å². The maximum absolute atomic E-state index is 12.8. The van der Waals surface area contributed by atoms with E-state index in [4.69, 9.17) is 0 Å². The Kier molecular flexibility index (Phi) is 5.45. The van der Waals surface area contributed by atoms with Crippen LogP contribution in [-0.2, 0) is 4.79 Å². The molecule has 7 heteroatoms. The summed E-state index contributed by atoms with van der Waals surface area (Å²) in [7, 11) is 0. The lowest BCUT2D eigenvalue weighted by molar-refractivity contribution is -0.385. The lowest BCUT2D eigenvalue weighted by Crippen LogP contribution is -2.47. The lowest BCUT2D eigenvalue weighted by Gasteiger charge is -2.26. The minimum atomic E-state index is -0.481. The molecule has 1 heterocycles. The van der Waals surface area contributed by atoms with E-state index in [1.165, 1.54) is 18.2 Å². The summed E-state index contributed by atoms with van der Waals surface area (Å²) < 4.78 is 0. The molecule has 2 amide bonds. The number of rotatable bonds is 4. The third-order valence-electron chi connectivity index (χ3n) is 4.25. The molecule has 25 heavy (non-hydrogen) atoms. The van der Waals surface area contributed by atoms with E-state index in [1.807, 2.05) is 20.8 Å². The highest BCUT2D eigenvalue weighted by Gasteiger charge is 2.35.